The fraction of sp³-hybridized carbons (Fsp3) is 0.733. The SMILES string of the molecule is CCC1(CC)CC(NCC(O)c2cccs2)CCO1. The van der Waals surface area contributed by atoms with E-state index < -0.39 is 0 Å². The van der Waals surface area contributed by atoms with Crippen LogP contribution < -0.4 is 5.32 Å². The second kappa shape index (κ2) is 6.84. The molecule has 2 unspecified atom stereocenters. The molecular formula is C15H25NO2S. The Morgan fingerprint density at radius 3 is 2.95 bits per heavy atom. The Morgan fingerprint density at radius 1 is 1.53 bits per heavy atom. The largest absolute Gasteiger partial charge is 0.386 e. The van der Waals surface area contributed by atoms with E-state index in [4.69, 9.17) is 4.74 Å². The third-order valence-electron chi connectivity index (χ3n) is 4.25. The van der Waals surface area contributed by atoms with E-state index in [0.29, 0.717) is 12.6 Å². The van der Waals surface area contributed by atoms with Gasteiger partial charge in [0.1, 0.15) is 6.10 Å². The Hall–Kier alpha value is -0.420. The van der Waals surface area contributed by atoms with Crippen LogP contribution in [0.3, 0.4) is 0 Å². The molecule has 2 N–H and O–H groups in total. The fourth-order valence-electron chi connectivity index (χ4n) is 2.80. The lowest BCUT2D eigenvalue weighted by atomic mass is 9.86. The fourth-order valence-corrected chi connectivity index (χ4v) is 3.52. The van der Waals surface area contributed by atoms with E-state index >= 15 is 0 Å². The molecule has 1 aliphatic heterocycles. The summed E-state index contributed by atoms with van der Waals surface area (Å²) in [4.78, 5) is 1.04. The molecule has 1 aliphatic rings. The minimum atomic E-state index is -0.388. The quantitative estimate of drug-likeness (QED) is 0.843. The predicted molar refractivity (Wildman–Crippen MR) is 79.6 cm³/mol. The van der Waals surface area contributed by atoms with E-state index in [1.165, 1.54) is 0 Å². The lowest BCUT2D eigenvalue weighted by Gasteiger charge is -2.40. The van der Waals surface area contributed by atoms with Gasteiger partial charge in [-0.3, -0.25) is 0 Å². The highest BCUT2D eigenvalue weighted by Crippen LogP contribution is 2.31. The van der Waals surface area contributed by atoms with Gasteiger partial charge in [0, 0.05) is 24.1 Å². The van der Waals surface area contributed by atoms with Gasteiger partial charge in [-0.25, -0.2) is 0 Å². The Kier molecular flexibility index (Phi) is 5.39. The van der Waals surface area contributed by atoms with Gasteiger partial charge in [-0.15, -0.1) is 11.3 Å². The minimum absolute atomic E-state index is 0.0454. The van der Waals surface area contributed by atoms with Crippen molar-refractivity contribution in [3.8, 4) is 0 Å². The van der Waals surface area contributed by atoms with Gasteiger partial charge < -0.3 is 15.2 Å². The lowest BCUT2D eigenvalue weighted by molar-refractivity contribution is -0.0937. The Bertz CT molecular complexity index is 362. The van der Waals surface area contributed by atoms with Gasteiger partial charge in [0.15, 0.2) is 0 Å². The number of hydrogen-bond donors (Lipinski definition) is 2. The molecule has 1 aromatic heterocycles. The average molecular weight is 283 g/mol. The molecule has 3 nitrogen and oxygen atoms in total. The number of hydrogen-bond acceptors (Lipinski definition) is 4. The monoisotopic (exact) mass is 283 g/mol. The van der Waals surface area contributed by atoms with Crippen LogP contribution in [0.4, 0.5) is 0 Å². The Morgan fingerprint density at radius 2 is 2.32 bits per heavy atom. The van der Waals surface area contributed by atoms with Gasteiger partial charge in [0.2, 0.25) is 0 Å². The molecule has 0 bridgehead atoms. The molecule has 0 aromatic carbocycles. The van der Waals surface area contributed by atoms with Crippen LogP contribution in [-0.2, 0) is 4.74 Å². The predicted octanol–water partition coefficient (Wildman–Crippen LogP) is 3.11. The standard InChI is InChI=1S/C15H25NO2S/c1-3-15(4-2)10-12(7-8-18-15)16-11-13(17)14-6-5-9-19-14/h5-6,9,12-13,16-17H,3-4,7-8,10-11H2,1-2H3. The second-order valence-electron chi connectivity index (χ2n) is 5.37. The van der Waals surface area contributed by atoms with Crippen LogP contribution in [-0.4, -0.2) is 29.9 Å². The maximum absolute atomic E-state index is 10.1. The summed E-state index contributed by atoms with van der Waals surface area (Å²) in [6, 6.07) is 4.43. The summed E-state index contributed by atoms with van der Waals surface area (Å²) in [5.74, 6) is 0. The highest BCUT2D eigenvalue weighted by Gasteiger charge is 2.34. The van der Waals surface area contributed by atoms with Crippen molar-refractivity contribution >= 4 is 11.3 Å². The highest BCUT2D eigenvalue weighted by molar-refractivity contribution is 7.10. The van der Waals surface area contributed by atoms with Crippen LogP contribution >= 0.6 is 11.3 Å². The molecular weight excluding hydrogens is 258 g/mol. The van der Waals surface area contributed by atoms with Gasteiger partial charge in [-0.1, -0.05) is 19.9 Å². The zero-order valence-electron chi connectivity index (χ0n) is 11.9. The van der Waals surface area contributed by atoms with Crippen LogP contribution in [0.2, 0.25) is 0 Å². The van der Waals surface area contributed by atoms with Crippen molar-refractivity contribution in [2.75, 3.05) is 13.2 Å². The molecule has 0 spiro atoms. The zero-order chi connectivity index (χ0) is 13.7. The molecule has 0 amide bonds. The van der Waals surface area contributed by atoms with Gasteiger partial charge in [-0.05, 0) is 37.1 Å². The number of aliphatic hydroxyl groups excluding tert-OH is 1. The van der Waals surface area contributed by atoms with Gasteiger partial charge >= 0.3 is 0 Å². The van der Waals surface area contributed by atoms with Crippen molar-refractivity contribution in [2.24, 2.45) is 0 Å². The van der Waals surface area contributed by atoms with Crippen molar-refractivity contribution < 1.29 is 9.84 Å². The molecule has 1 aromatic rings. The summed E-state index contributed by atoms with van der Waals surface area (Å²) >= 11 is 1.61. The van der Waals surface area contributed by atoms with Crippen molar-refractivity contribution in [3.63, 3.8) is 0 Å². The van der Waals surface area contributed by atoms with E-state index in [-0.39, 0.29) is 11.7 Å². The zero-order valence-corrected chi connectivity index (χ0v) is 12.7. The Labute approximate surface area is 120 Å². The summed E-state index contributed by atoms with van der Waals surface area (Å²) in [5, 5.41) is 15.6. The average Bonchev–Trinajstić information content (AvgIpc) is 2.99. The number of ether oxygens (including phenoxy) is 1. The molecule has 2 atom stereocenters. The smallest absolute Gasteiger partial charge is 0.101 e. The molecule has 1 fully saturated rings. The first-order valence-corrected chi connectivity index (χ1v) is 8.16. The van der Waals surface area contributed by atoms with Crippen molar-refractivity contribution in [1.29, 1.82) is 0 Å². The number of nitrogens with one attached hydrogen (secondary N) is 1. The first-order chi connectivity index (χ1) is 9.19. The van der Waals surface area contributed by atoms with Crippen LogP contribution in [0, 0.1) is 0 Å². The van der Waals surface area contributed by atoms with E-state index in [0.717, 1.165) is 37.2 Å². The number of aliphatic hydroxyl groups is 1. The number of thiophene rings is 1. The van der Waals surface area contributed by atoms with Crippen molar-refractivity contribution in [3.05, 3.63) is 22.4 Å². The third kappa shape index (κ3) is 3.78. The molecule has 0 aliphatic carbocycles. The summed E-state index contributed by atoms with van der Waals surface area (Å²) in [6.45, 7) is 5.86. The second-order valence-corrected chi connectivity index (χ2v) is 6.35. The van der Waals surface area contributed by atoms with E-state index in [1.54, 1.807) is 11.3 Å². The lowest BCUT2D eigenvalue weighted by Crippen LogP contribution is -2.47. The molecule has 2 heterocycles. The van der Waals surface area contributed by atoms with Crippen molar-refractivity contribution in [2.45, 2.75) is 57.3 Å². The van der Waals surface area contributed by atoms with Gasteiger partial charge in [-0.2, -0.15) is 0 Å². The summed E-state index contributed by atoms with van der Waals surface area (Å²) < 4.78 is 5.97. The summed E-state index contributed by atoms with van der Waals surface area (Å²) in [7, 11) is 0. The van der Waals surface area contributed by atoms with E-state index in [9.17, 15) is 5.11 Å². The van der Waals surface area contributed by atoms with Crippen LogP contribution in [0.25, 0.3) is 0 Å². The van der Waals surface area contributed by atoms with Gasteiger partial charge in [0.05, 0.1) is 5.60 Å². The topological polar surface area (TPSA) is 41.5 Å². The molecule has 0 saturated carbocycles. The maximum atomic E-state index is 10.1. The molecule has 4 heteroatoms. The molecule has 2 rings (SSSR count). The van der Waals surface area contributed by atoms with Crippen LogP contribution in [0.5, 0.6) is 0 Å². The first kappa shape index (κ1) is 15.0. The molecule has 19 heavy (non-hydrogen) atoms. The van der Waals surface area contributed by atoms with Crippen LogP contribution in [0.1, 0.15) is 50.5 Å². The highest BCUT2D eigenvalue weighted by atomic mass is 32.1. The molecule has 0 radical (unpaired) electrons. The van der Waals surface area contributed by atoms with E-state index in [1.807, 2.05) is 17.5 Å². The Balaban J connectivity index is 1.82. The summed E-state index contributed by atoms with van der Waals surface area (Å²) in [6.07, 6.45) is 3.83. The van der Waals surface area contributed by atoms with Gasteiger partial charge in [0.25, 0.3) is 0 Å². The summed E-state index contributed by atoms with van der Waals surface area (Å²) in [5.41, 5.74) is 0.0454. The molecule has 108 valence electrons. The maximum Gasteiger partial charge on any atom is 0.101 e. The van der Waals surface area contributed by atoms with Crippen molar-refractivity contribution in [1.82, 2.24) is 5.32 Å². The normalized spacial score (nSPS) is 24.3. The van der Waals surface area contributed by atoms with Crippen LogP contribution in [0.15, 0.2) is 17.5 Å². The third-order valence-corrected chi connectivity index (χ3v) is 5.23. The van der Waals surface area contributed by atoms with E-state index in [2.05, 4.69) is 19.2 Å². The first-order valence-electron chi connectivity index (χ1n) is 7.28. The molecule has 1 saturated heterocycles. The minimum Gasteiger partial charge on any atom is -0.386 e. The number of rotatable bonds is 6.